The maximum absolute atomic E-state index is 6.13. The van der Waals surface area contributed by atoms with Crippen LogP contribution in [-0.2, 0) is 11.3 Å². The Kier molecular flexibility index (Phi) is 7.01. The Morgan fingerprint density at radius 1 is 1.24 bits per heavy atom. The first-order valence-electron chi connectivity index (χ1n) is 5.83. The van der Waals surface area contributed by atoms with Gasteiger partial charge in [0, 0.05) is 30.8 Å². The van der Waals surface area contributed by atoms with Gasteiger partial charge in [-0.3, -0.25) is 0 Å². The van der Waals surface area contributed by atoms with Crippen molar-refractivity contribution in [3.8, 4) is 5.75 Å². The van der Waals surface area contributed by atoms with E-state index in [1.54, 1.807) is 7.11 Å². The lowest BCUT2D eigenvalue weighted by Gasteiger charge is -2.12. The summed E-state index contributed by atoms with van der Waals surface area (Å²) in [5.74, 6) is 0.865. The summed E-state index contributed by atoms with van der Waals surface area (Å²) in [5, 5.41) is 3.84. The van der Waals surface area contributed by atoms with Crippen LogP contribution >= 0.6 is 11.6 Å². The van der Waals surface area contributed by atoms with Gasteiger partial charge in [0.15, 0.2) is 0 Å². The van der Waals surface area contributed by atoms with Gasteiger partial charge in [0.2, 0.25) is 0 Å². The van der Waals surface area contributed by atoms with Crippen molar-refractivity contribution in [1.82, 2.24) is 5.32 Å². The summed E-state index contributed by atoms with van der Waals surface area (Å²) in [6.07, 6.45) is 2.00. The van der Waals surface area contributed by atoms with E-state index in [1.165, 1.54) is 0 Å². The van der Waals surface area contributed by atoms with E-state index >= 15 is 0 Å². The first-order chi connectivity index (χ1) is 8.29. The third-order valence-electron chi connectivity index (χ3n) is 2.43. The van der Waals surface area contributed by atoms with E-state index in [9.17, 15) is 0 Å². The van der Waals surface area contributed by atoms with Crippen molar-refractivity contribution in [2.24, 2.45) is 0 Å². The second-order valence-corrected chi connectivity index (χ2v) is 4.20. The summed E-state index contributed by atoms with van der Waals surface area (Å²) < 4.78 is 10.7. The van der Waals surface area contributed by atoms with Crippen LogP contribution in [0.25, 0.3) is 0 Å². The molecule has 0 bridgehead atoms. The van der Waals surface area contributed by atoms with Crippen molar-refractivity contribution >= 4 is 11.6 Å². The molecule has 0 unspecified atom stereocenters. The van der Waals surface area contributed by atoms with E-state index in [1.807, 2.05) is 25.2 Å². The molecule has 96 valence electrons. The maximum Gasteiger partial charge on any atom is 0.125 e. The van der Waals surface area contributed by atoms with Crippen LogP contribution in [0.15, 0.2) is 18.2 Å². The number of benzene rings is 1. The molecular formula is C13H20ClNO2. The summed E-state index contributed by atoms with van der Waals surface area (Å²) >= 11 is 6.13. The van der Waals surface area contributed by atoms with E-state index in [2.05, 4.69) is 5.32 Å². The summed E-state index contributed by atoms with van der Waals surface area (Å²) in [6.45, 7) is 2.19. The average molecular weight is 258 g/mol. The van der Waals surface area contributed by atoms with Crippen LogP contribution in [0.3, 0.4) is 0 Å². The zero-order valence-corrected chi connectivity index (χ0v) is 11.2. The lowest BCUT2D eigenvalue weighted by Crippen LogP contribution is -2.09. The van der Waals surface area contributed by atoms with Gasteiger partial charge in [-0.05, 0) is 32.0 Å². The van der Waals surface area contributed by atoms with E-state index in [4.69, 9.17) is 21.1 Å². The molecule has 0 saturated heterocycles. The molecule has 0 aliphatic heterocycles. The monoisotopic (exact) mass is 257 g/mol. The smallest absolute Gasteiger partial charge is 0.125 e. The average Bonchev–Trinajstić information content (AvgIpc) is 2.33. The Labute approximate surface area is 108 Å². The van der Waals surface area contributed by atoms with Crippen molar-refractivity contribution in [3.05, 3.63) is 28.8 Å². The molecule has 1 N–H and O–H groups in total. The second kappa shape index (κ2) is 8.34. The molecule has 0 heterocycles. The fourth-order valence-electron chi connectivity index (χ4n) is 1.55. The topological polar surface area (TPSA) is 30.5 Å². The van der Waals surface area contributed by atoms with Crippen molar-refractivity contribution in [3.63, 3.8) is 0 Å². The molecule has 1 rings (SSSR count). The minimum Gasteiger partial charge on any atom is -0.493 e. The summed E-state index contributed by atoms with van der Waals surface area (Å²) in [7, 11) is 3.61. The number of ether oxygens (including phenoxy) is 2. The van der Waals surface area contributed by atoms with Gasteiger partial charge in [-0.1, -0.05) is 17.7 Å². The lowest BCUT2D eigenvalue weighted by molar-refractivity contribution is 0.184. The van der Waals surface area contributed by atoms with E-state index in [0.29, 0.717) is 13.2 Å². The molecule has 0 atom stereocenters. The molecule has 4 heteroatoms. The Morgan fingerprint density at radius 3 is 2.71 bits per heavy atom. The summed E-state index contributed by atoms with van der Waals surface area (Å²) in [6, 6.07) is 5.74. The Bertz CT molecular complexity index is 331. The minimum absolute atomic E-state index is 0.695. The highest BCUT2D eigenvalue weighted by atomic mass is 35.5. The van der Waals surface area contributed by atoms with Gasteiger partial charge in [0.05, 0.1) is 6.61 Å². The number of halogens is 1. The van der Waals surface area contributed by atoms with Crippen LogP contribution in [0.1, 0.15) is 18.4 Å². The predicted molar refractivity (Wildman–Crippen MR) is 70.8 cm³/mol. The number of nitrogens with one attached hydrogen (secondary N) is 1. The van der Waals surface area contributed by atoms with Crippen molar-refractivity contribution in [1.29, 1.82) is 0 Å². The van der Waals surface area contributed by atoms with Gasteiger partial charge in [-0.2, -0.15) is 0 Å². The molecule has 0 radical (unpaired) electrons. The second-order valence-electron chi connectivity index (χ2n) is 3.80. The van der Waals surface area contributed by atoms with Gasteiger partial charge in [-0.25, -0.2) is 0 Å². The molecule has 0 fully saturated rings. The molecule has 0 aromatic heterocycles. The standard InChI is InChI=1S/C13H20ClNO2/c1-15-10-11-12(14)6-5-7-13(11)17-9-4-3-8-16-2/h5-7,15H,3-4,8-10H2,1-2H3. The van der Waals surface area contributed by atoms with Crippen LogP contribution in [0.2, 0.25) is 5.02 Å². The predicted octanol–water partition coefficient (Wildman–Crippen LogP) is 2.86. The largest absolute Gasteiger partial charge is 0.493 e. The molecule has 3 nitrogen and oxygen atoms in total. The third-order valence-corrected chi connectivity index (χ3v) is 2.78. The number of hydrogen-bond donors (Lipinski definition) is 1. The van der Waals surface area contributed by atoms with E-state index < -0.39 is 0 Å². The molecule has 1 aromatic rings. The first kappa shape index (κ1) is 14.3. The van der Waals surface area contributed by atoms with Crippen molar-refractivity contribution in [2.45, 2.75) is 19.4 Å². The normalized spacial score (nSPS) is 10.5. The van der Waals surface area contributed by atoms with Crippen LogP contribution in [0.5, 0.6) is 5.75 Å². The highest BCUT2D eigenvalue weighted by molar-refractivity contribution is 6.31. The lowest BCUT2D eigenvalue weighted by atomic mass is 10.2. The molecule has 0 aliphatic carbocycles. The summed E-state index contributed by atoms with van der Waals surface area (Å²) in [4.78, 5) is 0. The quantitative estimate of drug-likeness (QED) is 0.727. The number of rotatable bonds is 8. The number of methoxy groups -OCH3 is 1. The van der Waals surface area contributed by atoms with E-state index in [-0.39, 0.29) is 0 Å². The zero-order valence-electron chi connectivity index (χ0n) is 10.5. The fourth-order valence-corrected chi connectivity index (χ4v) is 1.79. The maximum atomic E-state index is 6.13. The van der Waals surface area contributed by atoms with Gasteiger partial charge < -0.3 is 14.8 Å². The van der Waals surface area contributed by atoms with Gasteiger partial charge >= 0.3 is 0 Å². The Balaban J connectivity index is 2.48. The SMILES string of the molecule is CNCc1c(Cl)cccc1OCCCCOC. The zero-order chi connectivity index (χ0) is 12.5. The van der Waals surface area contributed by atoms with Crippen molar-refractivity contribution < 1.29 is 9.47 Å². The molecule has 1 aromatic carbocycles. The van der Waals surface area contributed by atoms with Gasteiger partial charge in [0.1, 0.15) is 5.75 Å². The Hall–Kier alpha value is -0.770. The van der Waals surface area contributed by atoms with E-state index in [0.717, 1.165) is 35.8 Å². The van der Waals surface area contributed by atoms with Crippen LogP contribution in [-0.4, -0.2) is 27.4 Å². The number of unbranched alkanes of at least 4 members (excludes halogenated alkanes) is 1. The van der Waals surface area contributed by atoms with Crippen LogP contribution in [0.4, 0.5) is 0 Å². The van der Waals surface area contributed by atoms with Gasteiger partial charge in [0.25, 0.3) is 0 Å². The highest BCUT2D eigenvalue weighted by Gasteiger charge is 2.06. The molecule has 0 spiro atoms. The molecule has 0 aliphatic rings. The highest BCUT2D eigenvalue weighted by Crippen LogP contribution is 2.26. The van der Waals surface area contributed by atoms with Crippen LogP contribution in [0, 0.1) is 0 Å². The minimum atomic E-state index is 0.695. The van der Waals surface area contributed by atoms with Crippen molar-refractivity contribution in [2.75, 3.05) is 27.4 Å². The number of hydrogen-bond acceptors (Lipinski definition) is 3. The molecule has 0 saturated carbocycles. The van der Waals surface area contributed by atoms with Crippen LogP contribution < -0.4 is 10.1 Å². The molecule has 0 amide bonds. The third kappa shape index (κ3) is 4.94. The molecular weight excluding hydrogens is 238 g/mol. The van der Waals surface area contributed by atoms with Gasteiger partial charge in [-0.15, -0.1) is 0 Å². The fraction of sp³-hybridized carbons (Fsp3) is 0.538. The first-order valence-corrected chi connectivity index (χ1v) is 6.21. The molecule has 17 heavy (non-hydrogen) atoms. The Morgan fingerprint density at radius 2 is 2.00 bits per heavy atom. The summed E-state index contributed by atoms with van der Waals surface area (Å²) in [5.41, 5.74) is 1.02.